The third-order valence-corrected chi connectivity index (χ3v) is 5.80. The number of hydrogen-bond donors (Lipinski definition) is 3. The second-order valence-corrected chi connectivity index (χ2v) is 7.88. The maximum absolute atomic E-state index is 10.7. The van der Waals surface area contributed by atoms with Gasteiger partial charge in [-0.2, -0.15) is 0 Å². The van der Waals surface area contributed by atoms with Crippen molar-refractivity contribution in [2.24, 2.45) is 10.9 Å². The number of nitrogens with zero attached hydrogens (tertiary/aromatic N) is 2. The molecule has 152 valence electrons. The van der Waals surface area contributed by atoms with E-state index in [-0.39, 0.29) is 24.0 Å². The van der Waals surface area contributed by atoms with Gasteiger partial charge >= 0.3 is 0 Å². The Bertz CT molecular complexity index is 502. The standard InChI is InChI=1S/C19H36N4OS.HI/c1-7-15(8-2)16(23(5)6)13-21-18(20-9-3)22-14-19(4,24)17-11-10-12-25-17;/h10-12,15-16,24H,7-9,13-14H2,1-6H3,(H2,20,21,22);1H. The van der Waals surface area contributed by atoms with Crippen LogP contribution in [0.1, 0.15) is 45.4 Å². The van der Waals surface area contributed by atoms with Gasteiger partial charge in [-0.05, 0) is 45.3 Å². The lowest BCUT2D eigenvalue weighted by Crippen LogP contribution is -2.48. The fourth-order valence-electron chi connectivity index (χ4n) is 3.04. The first kappa shape index (κ1) is 25.6. The first-order valence-electron chi connectivity index (χ1n) is 9.30. The highest BCUT2D eigenvalue weighted by Crippen LogP contribution is 2.25. The Hall–Kier alpha value is -0.380. The van der Waals surface area contributed by atoms with E-state index in [1.165, 1.54) is 12.8 Å². The monoisotopic (exact) mass is 496 g/mol. The van der Waals surface area contributed by atoms with Gasteiger partial charge in [-0.25, -0.2) is 4.99 Å². The Morgan fingerprint density at radius 1 is 1.27 bits per heavy atom. The lowest BCUT2D eigenvalue weighted by molar-refractivity contribution is 0.0711. The van der Waals surface area contributed by atoms with Gasteiger partial charge in [0, 0.05) is 24.0 Å². The number of rotatable bonds is 10. The third-order valence-electron chi connectivity index (χ3n) is 4.68. The molecule has 0 spiro atoms. The summed E-state index contributed by atoms with van der Waals surface area (Å²) in [6.45, 7) is 10.3. The van der Waals surface area contributed by atoms with Crippen molar-refractivity contribution >= 4 is 41.3 Å². The largest absolute Gasteiger partial charge is 0.383 e. The van der Waals surface area contributed by atoms with Gasteiger partial charge in [-0.3, -0.25) is 0 Å². The summed E-state index contributed by atoms with van der Waals surface area (Å²) < 4.78 is 0. The Balaban J connectivity index is 0.00000625. The molecule has 0 aromatic carbocycles. The Kier molecular flexibility index (Phi) is 12.7. The van der Waals surface area contributed by atoms with Gasteiger partial charge in [0.15, 0.2) is 5.96 Å². The number of aliphatic hydroxyl groups is 1. The highest BCUT2D eigenvalue weighted by Gasteiger charge is 2.24. The predicted octanol–water partition coefficient (Wildman–Crippen LogP) is 3.50. The van der Waals surface area contributed by atoms with Crippen molar-refractivity contribution in [1.29, 1.82) is 0 Å². The summed E-state index contributed by atoms with van der Waals surface area (Å²) in [6.07, 6.45) is 2.34. The zero-order valence-electron chi connectivity index (χ0n) is 17.1. The molecule has 3 N–H and O–H groups in total. The van der Waals surface area contributed by atoms with Gasteiger partial charge in [0.25, 0.3) is 0 Å². The first-order valence-corrected chi connectivity index (χ1v) is 10.2. The molecule has 0 aliphatic rings. The van der Waals surface area contributed by atoms with Crippen molar-refractivity contribution < 1.29 is 5.11 Å². The minimum atomic E-state index is -0.938. The molecule has 1 aromatic rings. The van der Waals surface area contributed by atoms with Crippen LogP contribution in [0, 0.1) is 5.92 Å². The molecule has 0 saturated heterocycles. The number of hydrogen-bond acceptors (Lipinski definition) is 4. The quantitative estimate of drug-likeness (QED) is 0.264. The normalized spacial score (nSPS) is 15.5. The summed E-state index contributed by atoms with van der Waals surface area (Å²) in [4.78, 5) is 7.84. The smallest absolute Gasteiger partial charge is 0.191 e. The molecule has 0 saturated carbocycles. The number of aliphatic imine (C=N–C) groups is 1. The second-order valence-electron chi connectivity index (χ2n) is 6.93. The van der Waals surface area contributed by atoms with E-state index in [2.05, 4.69) is 55.4 Å². The maximum Gasteiger partial charge on any atom is 0.191 e. The minimum Gasteiger partial charge on any atom is -0.383 e. The van der Waals surface area contributed by atoms with Crippen molar-refractivity contribution in [2.45, 2.75) is 52.2 Å². The van der Waals surface area contributed by atoms with E-state index in [1.807, 2.05) is 24.4 Å². The molecule has 0 radical (unpaired) electrons. The van der Waals surface area contributed by atoms with Crippen LogP contribution in [0.5, 0.6) is 0 Å². The summed E-state index contributed by atoms with van der Waals surface area (Å²) in [6, 6.07) is 4.37. The topological polar surface area (TPSA) is 59.9 Å². The van der Waals surface area contributed by atoms with Crippen LogP contribution in [0.4, 0.5) is 0 Å². The molecular formula is C19H37IN4OS. The van der Waals surface area contributed by atoms with E-state index in [1.54, 1.807) is 11.3 Å². The van der Waals surface area contributed by atoms with Gasteiger partial charge in [-0.1, -0.05) is 32.8 Å². The lowest BCUT2D eigenvalue weighted by atomic mass is 9.93. The molecule has 0 aliphatic carbocycles. The first-order chi connectivity index (χ1) is 11.9. The minimum absolute atomic E-state index is 0. The van der Waals surface area contributed by atoms with Crippen LogP contribution < -0.4 is 10.6 Å². The summed E-state index contributed by atoms with van der Waals surface area (Å²) in [5.74, 6) is 1.41. The molecule has 1 rings (SSSR count). The highest BCUT2D eigenvalue weighted by molar-refractivity contribution is 14.0. The van der Waals surface area contributed by atoms with Crippen molar-refractivity contribution in [2.75, 3.05) is 33.7 Å². The van der Waals surface area contributed by atoms with E-state index in [0.717, 1.165) is 23.9 Å². The van der Waals surface area contributed by atoms with Crippen LogP contribution in [0.3, 0.4) is 0 Å². The van der Waals surface area contributed by atoms with Crippen LogP contribution in [-0.4, -0.2) is 55.7 Å². The van der Waals surface area contributed by atoms with Crippen LogP contribution in [0.15, 0.2) is 22.5 Å². The van der Waals surface area contributed by atoms with Crippen molar-refractivity contribution in [1.82, 2.24) is 15.5 Å². The van der Waals surface area contributed by atoms with Crippen molar-refractivity contribution in [3.8, 4) is 0 Å². The summed E-state index contributed by atoms with van der Waals surface area (Å²) in [7, 11) is 4.27. The van der Waals surface area contributed by atoms with Gasteiger partial charge in [0.05, 0.1) is 6.54 Å². The fraction of sp³-hybridized carbons (Fsp3) is 0.737. The van der Waals surface area contributed by atoms with E-state index in [9.17, 15) is 5.11 Å². The summed E-state index contributed by atoms with van der Waals surface area (Å²) in [5, 5.41) is 19.4. The zero-order valence-corrected chi connectivity index (χ0v) is 20.2. The average Bonchev–Trinajstić information content (AvgIpc) is 3.11. The summed E-state index contributed by atoms with van der Waals surface area (Å²) >= 11 is 1.56. The molecule has 0 bridgehead atoms. The lowest BCUT2D eigenvalue weighted by Gasteiger charge is -2.32. The van der Waals surface area contributed by atoms with E-state index in [0.29, 0.717) is 18.5 Å². The molecule has 0 amide bonds. The van der Waals surface area contributed by atoms with Crippen molar-refractivity contribution in [3.63, 3.8) is 0 Å². The number of likely N-dealkylation sites (N-methyl/N-ethyl adjacent to an activating group) is 1. The molecule has 5 nitrogen and oxygen atoms in total. The summed E-state index contributed by atoms with van der Waals surface area (Å²) in [5.41, 5.74) is -0.938. The van der Waals surface area contributed by atoms with Crippen LogP contribution in [0.2, 0.25) is 0 Å². The van der Waals surface area contributed by atoms with E-state index in [4.69, 9.17) is 0 Å². The second kappa shape index (κ2) is 12.9. The molecule has 7 heteroatoms. The fourth-order valence-corrected chi connectivity index (χ4v) is 3.82. The molecule has 0 aliphatic heterocycles. The van der Waals surface area contributed by atoms with E-state index < -0.39 is 5.60 Å². The number of nitrogens with one attached hydrogen (secondary N) is 2. The van der Waals surface area contributed by atoms with Crippen molar-refractivity contribution in [3.05, 3.63) is 22.4 Å². The van der Waals surface area contributed by atoms with Gasteiger partial charge < -0.3 is 20.6 Å². The number of halogens is 1. The average molecular weight is 497 g/mol. The van der Waals surface area contributed by atoms with Crippen LogP contribution in [-0.2, 0) is 5.60 Å². The van der Waals surface area contributed by atoms with E-state index >= 15 is 0 Å². The predicted molar refractivity (Wildman–Crippen MR) is 125 cm³/mol. The Morgan fingerprint density at radius 2 is 1.92 bits per heavy atom. The molecule has 26 heavy (non-hydrogen) atoms. The molecule has 0 fully saturated rings. The molecular weight excluding hydrogens is 459 g/mol. The third kappa shape index (κ3) is 8.10. The molecule has 1 aromatic heterocycles. The molecule has 2 unspecified atom stereocenters. The highest BCUT2D eigenvalue weighted by atomic mass is 127. The number of thiophene rings is 1. The SMILES string of the molecule is CCNC(=NCC(C)(O)c1cccs1)NCC(C(CC)CC)N(C)C.I. The van der Waals surface area contributed by atoms with Gasteiger partial charge in [0.2, 0.25) is 0 Å². The van der Waals surface area contributed by atoms with Gasteiger partial charge in [0.1, 0.15) is 5.60 Å². The van der Waals surface area contributed by atoms with Crippen LogP contribution >= 0.6 is 35.3 Å². The Morgan fingerprint density at radius 3 is 2.38 bits per heavy atom. The molecule has 2 atom stereocenters. The maximum atomic E-state index is 10.7. The van der Waals surface area contributed by atoms with Crippen LogP contribution in [0.25, 0.3) is 0 Å². The number of guanidine groups is 1. The van der Waals surface area contributed by atoms with Gasteiger partial charge in [-0.15, -0.1) is 35.3 Å². The molecule has 1 heterocycles. The Labute approximate surface area is 180 Å². The zero-order chi connectivity index (χ0) is 18.9.